The number of rotatable bonds is 4. The van der Waals surface area contributed by atoms with Crippen LogP contribution >= 0.6 is 0 Å². The molecular formula is C18H27Cl2NSiTi. The van der Waals surface area contributed by atoms with E-state index in [2.05, 4.69) is 81.3 Å². The number of nitrogens with one attached hydrogen (secondary N) is 1. The summed E-state index contributed by atoms with van der Waals surface area (Å²) < 4.78 is 0. The van der Waals surface area contributed by atoms with Crippen LogP contribution in [0.4, 0.5) is 0 Å². The molecule has 23 heavy (non-hydrogen) atoms. The average Bonchev–Trinajstić information content (AvgIpc) is 2.76. The third kappa shape index (κ3) is 8.20. The predicted molar refractivity (Wildman–Crippen MR) is 91.3 cm³/mol. The summed E-state index contributed by atoms with van der Waals surface area (Å²) in [4.78, 5) is 3.86. The smallest absolute Gasteiger partial charge is 1.00 e. The Balaban J connectivity index is 0. The Kier molecular flexibility index (Phi) is 11.3. The molecular weight excluding hydrogens is 377 g/mol. The predicted octanol–water partition coefficient (Wildman–Crippen LogP) is -1.38. The minimum Gasteiger partial charge on any atom is -1.00 e. The van der Waals surface area contributed by atoms with Crippen molar-refractivity contribution in [2.75, 3.05) is 0 Å². The normalized spacial score (nSPS) is 14.0. The van der Waals surface area contributed by atoms with Crippen molar-refractivity contribution in [2.24, 2.45) is 0 Å². The van der Waals surface area contributed by atoms with E-state index in [0.717, 1.165) is 12.8 Å². The van der Waals surface area contributed by atoms with E-state index in [1.54, 1.807) is 5.20 Å². The van der Waals surface area contributed by atoms with Crippen LogP contribution in [0.1, 0.15) is 32.8 Å². The molecule has 1 N–H and O–H groups in total. The molecule has 0 aromatic heterocycles. The molecule has 5 heteroatoms. The summed E-state index contributed by atoms with van der Waals surface area (Å²) in [7, 11) is -1.51. The third-order valence-electron chi connectivity index (χ3n) is 3.69. The zero-order valence-electron chi connectivity index (χ0n) is 14.7. The van der Waals surface area contributed by atoms with Crippen molar-refractivity contribution in [1.82, 2.24) is 4.98 Å². The summed E-state index contributed by atoms with van der Waals surface area (Å²) in [6.45, 7) is 11.6. The number of halogens is 2. The van der Waals surface area contributed by atoms with Crippen LogP contribution < -0.4 is 29.8 Å². The van der Waals surface area contributed by atoms with Crippen LogP contribution in [0, 0.1) is 0 Å². The van der Waals surface area contributed by atoms with Crippen LogP contribution in [-0.4, -0.2) is 13.8 Å². The first-order chi connectivity index (χ1) is 9.26. The Morgan fingerprint density at radius 2 is 1.61 bits per heavy atom. The van der Waals surface area contributed by atoms with Gasteiger partial charge in [-0.2, -0.15) is 0 Å². The van der Waals surface area contributed by atoms with Gasteiger partial charge in [-0.3, -0.25) is 0 Å². The number of hydrogen-bond acceptors (Lipinski definition) is 1. The van der Waals surface area contributed by atoms with Crippen molar-refractivity contribution < 1.29 is 46.5 Å². The molecule has 126 valence electrons. The van der Waals surface area contributed by atoms with Gasteiger partial charge >= 0.3 is 21.7 Å². The van der Waals surface area contributed by atoms with Crippen LogP contribution in [0.3, 0.4) is 0 Å². The SMILES string of the molecule is CC(C)(C)N[Si](C)(C)C1=CC(Cc2ccccc2)=CC1.[Cl-].[Cl-].[Ti+2]. The average molecular weight is 404 g/mol. The van der Waals surface area contributed by atoms with Crippen molar-refractivity contribution in [3.05, 3.63) is 58.8 Å². The molecule has 0 spiro atoms. The van der Waals surface area contributed by atoms with Gasteiger partial charge in [0.05, 0.1) is 0 Å². The zero-order chi connectivity index (χ0) is 14.8. The van der Waals surface area contributed by atoms with Crippen LogP contribution in [-0.2, 0) is 28.1 Å². The molecule has 0 atom stereocenters. The van der Waals surface area contributed by atoms with E-state index < -0.39 is 8.24 Å². The van der Waals surface area contributed by atoms with Gasteiger partial charge in [-0.15, -0.1) is 0 Å². The maximum atomic E-state index is 3.86. The number of hydrogen-bond donors (Lipinski definition) is 1. The molecule has 1 aliphatic carbocycles. The summed E-state index contributed by atoms with van der Waals surface area (Å²) in [6.07, 6.45) is 7.04. The molecule has 1 nitrogen and oxygen atoms in total. The fourth-order valence-corrected chi connectivity index (χ4v) is 6.18. The Bertz CT molecular complexity index is 534. The number of benzene rings is 1. The maximum Gasteiger partial charge on any atom is 2.00 e. The first-order valence-electron chi connectivity index (χ1n) is 7.50. The minimum absolute atomic E-state index is 0. The van der Waals surface area contributed by atoms with E-state index in [1.165, 1.54) is 11.1 Å². The molecule has 2 rings (SSSR count). The third-order valence-corrected chi connectivity index (χ3v) is 7.01. The zero-order valence-corrected chi connectivity index (χ0v) is 18.8. The van der Waals surface area contributed by atoms with Crippen molar-refractivity contribution >= 4 is 8.24 Å². The molecule has 0 saturated carbocycles. The Morgan fingerprint density at radius 3 is 2.13 bits per heavy atom. The van der Waals surface area contributed by atoms with Crippen molar-refractivity contribution in [3.63, 3.8) is 0 Å². The van der Waals surface area contributed by atoms with Gasteiger partial charge in [0.15, 0.2) is 0 Å². The van der Waals surface area contributed by atoms with Gasteiger partial charge < -0.3 is 29.8 Å². The van der Waals surface area contributed by atoms with Crippen LogP contribution in [0.15, 0.2) is 53.3 Å². The maximum absolute atomic E-state index is 3.86. The Labute approximate surface area is 170 Å². The molecule has 0 saturated heterocycles. The monoisotopic (exact) mass is 403 g/mol. The summed E-state index contributed by atoms with van der Waals surface area (Å²) in [5, 5.41) is 1.62. The Morgan fingerprint density at radius 1 is 1.04 bits per heavy atom. The van der Waals surface area contributed by atoms with Gasteiger partial charge in [0.1, 0.15) is 8.24 Å². The molecule has 0 fully saturated rings. The molecule has 0 radical (unpaired) electrons. The summed E-state index contributed by atoms with van der Waals surface area (Å²) in [5.41, 5.74) is 3.07. The van der Waals surface area contributed by atoms with Gasteiger partial charge in [-0.25, -0.2) is 0 Å². The Hall–Kier alpha value is 0.171. The van der Waals surface area contributed by atoms with Crippen molar-refractivity contribution in [1.29, 1.82) is 0 Å². The molecule has 0 heterocycles. The van der Waals surface area contributed by atoms with Crippen molar-refractivity contribution in [3.8, 4) is 0 Å². The fourth-order valence-electron chi connectivity index (χ4n) is 2.99. The van der Waals surface area contributed by atoms with Crippen LogP contribution in [0.2, 0.25) is 13.1 Å². The van der Waals surface area contributed by atoms with E-state index in [1.807, 2.05) is 0 Å². The standard InChI is InChI=1S/C18H27NSi.2ClH.Ti/c1-18(2,3)19-20(4,5)17-12-11-16(14-17)13-15-9-7-6-8-10-15;;;/h6-11,14,19H,12-13H2,1-5H3;2*1H;/q;;;+2/p-2. The van der Waals surface area contributed by atoms with Gasteiger partial charge in [0, 0.05) is 5.54 Å². The quantitative estimate of drug-likeness (QED) is 0.611. The minimum atomic E-state index is -1.51. The first kappa shape index (κ1) is 25.4. The van der Waals surface area contributed by atoms with E-state index in [9.17, 15) is 0 Å². The molecule has 0 amide bonds. The van der Waals surface area contributed by atoms with Gasteiger partial charge in [-0.05, 0) is 44.7 Å². The largest absolute Gasteiger partial charge is 2.00 e. The first-order valence-corrected chi connectivity index (χ1v) is 10.5. The molecule has 0 aliphatic heterocycles. The van der Waals surface area contributed by atoms with E-state index in [0.29, 0.717) is 0 Å². The van der Waals surface area contributed by atoms with Gasteiger partial charge in [-0.1, -0.05) is 60.8 Å². The molecule has 1 aromatic carbocycles. The van der Waals surface area contributed by atoms with Crippen LogP contribution in [0.5, 0.6) is 0 Å². The summed E-state index contributed by atoms with van der Waals surface area (Å²) in [6, 6.07) is 10.7. The topological polar surface area (TPSA) is 12.0 Å². The van der Waals surface area contributed by atoms with E-state index in [4.69, 9.17) is 0 Å². The second kappa shape index (κ2) is 10.2. The van der Waals surface area contributed by atoms with Gasteiger partial charge in [0.25, 0.3) is 0 Å². The summed E-state index contributed by atoms with van der Waals surface area (Å²) in [5.74, 6) is 0. The fraction of sp³-hybridized carbons (Fsp3) is 0.444. The van der Waals surface area contributed by atoms with E-state index >= 15 is 0 Å². The molecule has 0 unspecified atom stereocenters. The van der Waals surface area contributed by atoms with E-state index in [-0.39, 0.29) is 52.1 Å². The van der Waals surface area contributed by atoms with Crippen LogP contribution in [0.25, 0.3) is 0 Å². The number of allylic oxidation sites excluding steroid dienone is 4. The van der Waals surface area contributed by atoms with Gasteiger partial charge in [0.2, 0.25) is 0 Å². The second-order valence-electron chi connectivity index (χ2n) is 7.32. The second-order valence-corrected chi connectivity index (χ2v) is 11.5. The molecule has 1 aromatic rings. The summed E-state index contributed by atoms with van der Waals surface area (Å²) >= 11 is 0. The molecule has 0 bridgehead atoms. The van der Waals surface area contributed by atoms with Crippen molar-refractivity contribution in [2.45, 2.75) is 52.2 Å². The molecule has 1 aliphatic rings.